The highest BCUT2D eigenvalue weighted by Gasteiger charge is 2.28. The third-order valence-electron chi connectivity index (χ3n) is 6.01. The third-order valence-corrected chi connectivity index (χ3v) is 8.10. The first-order valence-electron chi connectivity index (χ1n) is 11.3. The number of urea groups is 1. The number of aliphatic carboxylic acids is 1. The molecule has 32 heavy (non-hydrogen) atoms. The second-order valence-corrected chi connectivity index (χ2v) is 11.2. The number of thioether (sulfide) groups is 1. The largest absolute Gasteiger partial charge is 0.481 e. The Bertz CT molecular complexity index is 890. The zero-order valence-electron chi connectivity index (χ0n) is 19.0. The molecular formula is C24H33N3O3S2. The van der Waals surface area contributed by atoms with Crippen LogP contribution in [0.25, 0.3) is 0 Å². The molecule has 1 heterocycles. The number of carbonyl (C=O) groups is 2. The van der Waals surface area contributed by atoms with Crippen LogP contribution in [0.5, 0.6) is 0 Å². The maximum Gasteiger partial charge on any atom is 0.323 e. The average Bonchev–Trinajstić information content (AvgIpc) is 3.21. The lowest BCUT2D eigenvalue weighted by Crippen LogP contribution is -2.45. The van der Waals surface area contributed by atoms with Crippen LogP contribution in [-0.4, -0.2) is 45.3 Å². The van der Waals surface area contributed by atoms with Gasteiger partial charge in [0, 0.05) is 12.6 Å². The van der Waals surface area contributed by atoms with E-state index in [4.69, 9.17) is 5.11 Å². The van der Waals surface area contributed by atoms with Crippen molar-refractivity contribution in [1.29, 1.82) is 0 Å². The predicted molar refractivity (Wildman–Crippen MR) is 132 cm³/mol. The van der Waals surface area contributed by atoms with E-state index in [-0.39, 0.29) is 17.8 Å². The van der Waals surface area contributed by atoms with Gasteiger partial charge in [0.05, 0.1) is 16.2 Å². The Morgan fingerprint density at radius 3 is 2.53 bits per heavy atom. The number of nitrogens with one attached hydrogen (secondary N) is 1. The molecule has 1 aromatic heterocycles. The van der Waals surface area contributed by atoms with Gasteiger partial charge in [-0.3, -0.25) is 10.1 Å². The van der Waals surface area contributed by atoms with Crippen molar-refractivity contribution in [2.75, 3.05) is 17.6 Å². The van der Waals surface area contributed by atoms with Crippen molar-refractivity contribution < 1.29 is 14.7 Å². The topological polar surface area (TPSA) is 82.5 Å². The third kappa shape index (κ3) is 7.24. The molecule has 1 saturated carbocycles. The summed E-state index contributed by atoms with van der Waals surface area (Å²) in [6, 6.07) is 8.81. The van der Waals surface area contributed by atoms with Crippen LogP contribution in [0.4, 0.5) is 9.93 Å². The standard InChI is InChI=1S/C24H33N3O3S2/c1-16(2)19-8-6-18(7-9-19)12-13-27(20-10-4-17(3)5-11-20)24(30)26-23-25-14-22(32-23)31-15-21(28)29/h6-9,14,16-17,20H,4-5,10-13,15H2,1-3H3,(H,28,29)(H,25,26,30). The van der Waals surface area contributed by atoms with Crippen molar-refractivity contribution in [2.24, 2.45) is 5.92 Å². The maximum absolute atomic E-state index is 13.2. The molecule has 3 rings (SSSR count). The number of thiazole rings is 1. The Kier molecular flexibility index (Phi) is 8.99. The van der Waals surface area contributed by atoms with Crippen LogP contribution in [0.2, 0.25) is 0 Å². The van der Waals surface area contributed by atoms with Crippen molar-refractivity contribution in [3.8, 4) is 0 Å². The van der Waals surface area contributed by atoms with Crippen molar-refractivity contribution in [2.45, 2.75) is 69.0 Å². The van der Waals surface area contributed by atoms with Crippen LogP contribution < -0.4 is 5.32 Å². The Hall–Kier alpha value is -2.06. The van der Waals surface area contributed by atoms with Crippen LogP contribution in [0.15, 0.2) is 34.7 Å². The van der Waals surface area contributed by atoms with Crippen molar-refractivity contribution in [3.05, 3.63) is 41.6 Å². The van der Waals surface area contributed by atoms with Crippen molar-refractivity contribution >= 4 is 40.2 Å². The van der Waals surface area contributed by atoms with Crippen LogP contribution in [0, 0.1) is 5.92 Å². The molecule has 0 spiro atoms. The number of hydrogen-bond acceptors (Lipinski definition) is 5. The SMILES string of the molecule is CC1CCC(N(CCc2ccc(C(C)C)cc2)C(=O)Nc2ncc(SCC(=O)O)s2)CC1. The van der Waals surface area contributed by atoms with Gasteiger partial charge in [0.25, 0.3) is 0 Å². The zero-order valence-corrected chi connectivity index (χ0v) is 20.7. The van der Waals surface area contributed by atoms with Crippen LogP contribution in [0.1, 0.15) is 63.5 Å². The molecule has 174 valence electrons. The number of carboxylic acids is 1. The number of rotatable bonds is 9. The van der Waals surface area contributed by atoms with Gasteiger partial charge in [-0.2, -0.15) is 0 Å². The fourth-order valence-electron chi connectivity index (χ4n) is 4.00. The number of benzene rings is 1. The van der Waals surface area contributed by atoms with E-state index < -0.39 is 5.97 Å². The molecule has 0 atom stereocenters. The fraction of sp³-hybridized carbons (Fsp3) is 0.542. The van der Waals surface area contributed by atoms with Crippen molar-refractivity contribution in [1.82, 2.24) is 9.88 Å². The molecule has 1 aliphatic rings. The summed E-state index contributed by atoms with van der Waals surface area (Å²) >= 11 is 2.53. The molecular weight excluding hydrogens is 442 g/mol. The molecule has 2 aromatic rings. The van der Waals surface area contributed by atoms with E-state index in [2.05, 4.69) is 55.3 Å². The number of anilines is 1. The lowest BCUT2D eigenvalue weighted by Gasteiger charge is -2.36. The quantitative estimate of drug-likeness (QED) is 0.428. The van der Waals surface area contributed by atoms with E-state index in [0.29, 0.717) is 23.5 Å². The fourth-order valence-corrected chi connectivity index (χ4v) is 5.58. The molecule has 0 radical (unpaired) electrons. The Labute approximate surface area is 198 Å². The molecule has 1 aliphatic carbocycles. The molecule has 0 aliphatic heterocycles. The van der Waals surface area contributed by atoms with Gasteiger partial charge in [-0.1, -0.05) is 56.4 Å². The highest BCUT2D eigenvalue weighted by atomic mass is 32.2. The molecule has 0 unspecified atom stereocenters. The monoisotopic (exact) mass is 475 g/mol. The smallest absolute Gasteiger partial charge is 0.323 e. The lowest BCUT2D eigenvalue weighted by atomic mass is 9.86. The molecule has 2 amide bonds. The van der Waals surface area contributed by atoms with Gasteiger partial charge in [-0.25, -0.2) is 9.78 Å². The lowest BCUT2D eigenvalue weighted by molar-refractivity contribution is -0.133. The average molecular weight is 476 g/mol. The van der Waals surface area contributed by atoms with Crippen LogP contribution in [0.3, 0.4) is 0 Å². The summed E-state index contributed by atoms with van der Waals surface area (Å²) in [6.07, 6.45) is 6.78. The molecule has 0 bridgehead atoms. The van der Waals surface area contributed by atoms with E-state index in [1.54, 1.807) is 6.20 Å². The second-order valence-electron chi connectivity index (χ2n) is 8.85. The Morgan fingerprint density at radius 1 is 1.22 bits per heavy atom. The van der Waals surface area contributed by atoms with Gasteiger partial charge in [0.2, 0.25) is 0 Å². The number of carboxylic acid groups (broad SMARTS) is 1. The summed E-state index contributed by atoms with van der Waals surface area (Å²) in [5, 5.41) is 12.3. The zero-order chi connectivity index (χ0) is 23.1. The maximum atomic E-state index is 13.2. The predicted octanol–water partition coefficient (Wildman–Crippen LogP) is 6.10. The summed E-state index contributed by atoms with van der Waals surface area (Å²) < 4.78 is 0.783. The minimum absolute atomic E-state index is 0.0163. The van der Waals surface area contributed by atoms with Gasteiger partial charge in [0.1, 0.15) is 0 Å². The van der Waals surface area contributed by atoms with Gasteiger partial charge >= 0.3 is 12.0 Å². The highest BCUT2D eigenvalue weighted by molar-refractivity contribution is 8.01. The molecule has 8 heteroatoms. The summed E-state index contributed by atoms with van der Waals surface area (Å²) in [4.78, 5) is 30.2. The summed E-state index contributed by atoms with van der Waals surface area (Å²) in [5.41, 5.74) is 2.56. The highest BCUT2D eigenvalue weighted by Crippen LogP contribution is 2.30. The summed E-state index contributed by atoms with van der Waals surface area (Å²) in [6.45, 7) is 7.32. The van der Waals surface area contributed by atoms with Crippen molar-refractivity contribution in [3.63, 3.8) is 0 Å². The van der Waals surface area contributed by atoms with Crippen LogP contribution in [-0.2, 0) is 11.2 Å². The van der Waals surface area contributed by atoms with Gasteiger partial charge in [-0.15, -0.1) is 11.8 Å². The van der Waals surface area contributed by atoms with Crippen LogP contribution >= 0.6 is 23.1 Å². The van der Waals surface area contributed by atoms with E-state index in [1.165, 1.54) is 34.2 Å². The van der Waals surface area contributed by atoms with Gasteiger partial charge < -0.3 is 10.0 Å². The molecule has 1 aromatic carbocycles. The molecule has 6 nitrogen and oxygen atoms in total. The first kappa shape index (κ1) is 24.6. The normalized spacial score (nSPS) is 18.5. The first-order chi connectivity index (χ1) is 15.3. The van der Waals surface area contributed by atoms with E-state index in [9.17, 15) is 9.59 Å². The second kappa shape index (κ2) is 11.7. The molecule has 2 N–H and O–H groups in total. The Balaban J connectivity index is 1.65. The molecule has 1 fully saturated rings. The number of aromatic nitrogens is 1. The van der Waals surface area contributed by atoms with E-state index in [1.807, 2.05) is 4.90 Å². The van der Waals surface area contributed by atoms with E-state index in [0.717, 1.165) is 36.3 Å². The van der Waals surface area contributed by atoms with E-state index >= 15 is 0 Å². The number of nitrogens with zero attached hydrogens (tertiary/aromatic N) is 2. The number of amides is 2. The van der Waals surface area contributed by atoms with Gasteiger partial charge in [0.15, 0.2) is 5.13 Å². The summed E-state index contributed by atoms with van der Waals surface area (Å²) in [7, 11) is 0. The first-order valence-corrected chi connectivity index (χ1v) is 13.1. The molecule has 0 saturated heterocycles. The Morgan fingerprint density at radius 2 is 1.91 bits per heavy atom. The number of carbonyl (C=O) groups excluding carboxylic acids is 1. The minimum atomic E-state index is -0.867. The van der Waals surface area contributed by atoms with Gasteiger partial charge in [-0.05, 0) is 55.1 Å². The minimum Gasteiger partial charge on any atom is -0.481 e. The summed E-state index contributed by atoms with van der Waals surface area (Å²) in [5.74, 6) is 0.338. The number of hydrogen-bond donors (Lipinski definition) is 2.